The number of hydrogen-bond acceptors (Lipinski definition) is 4. The van der Waals surface area contributed by atoms with E-state index in [4.69, 9.17) is 10.2 Å². The van der Waals surface area contributed by atoms with Crippen molar-refractivity contribution in [2.45, 2.75) is 104 Å². The van der Waals surface area contributed by atoms with Crippen molar-refractivity contribution in [3.05, 3.63) is 58.7 Å². The standard InChI is InChI=1S/2C15H22O3.Zr/c2*1-2-3-4-5-6-7-8-12-9-10-13(15(17)18)14(16)11-12;/h2*9-11,16H,2-8H2,1H3,(H,17,18);. The summed E-state index contributed by atoms with van der Waals surface area (Å²) in [6.45, 7) is 4.40. The fourth-order valence-electron chi connectivity index (χ4n) is 4.05. The number of aryl methyl sites for hydroxylation is 2. The van der Waals surface area contributed by atoms with E-state index in [1.54, 1.807) is 24.3 Å². The van der Waals surface area contributed by atoms with Gasteiger partial charge in [0.25, 0.3) is 0 Å². The summed E-state index contributed by atoms with van der Waals surface area (Å²) in [5, 5.41) is 36.7. The van der Waals surface area contributed by atoms with Crippen molar-refractivity contribution < 1.29 is 56.2 Å². The summed E-state index contributed by atoms with van der Waals surface area (Å²) in [4.78, 5) is 21.5. The molecule has 2 aromatic rings. The van der Waals surface area contributed by atoms with E-state index >= 15 is 0 Å². The van der Waals surface area contributed by atoms with Gasteiger partial charge in [0, 0.05) is 26.2 Å². The molecule has 6 nitrogen and oxygen atoms in total. The number of rotatable bonds is 16. The first kappa shape index (κ1) is 34.9. The van der Waals surface area contributed by atoms with Crippen molar-refractivity contribution in [2.24, 2.45) is 0 Å². The second kappa shape index (κ2) is 20.9. The molecule has 2 aromatic carbocycles. The molecule has 0 fully saturated rings. The molecule has 0 radical (unpaired) electrons. The first-order chi connectivity index (χ1) is 17.3. The molecular formula is C30H44O6Zr. The van der Waals surface area contributed by atoms with Crippen molar-refractivity contribution in [3.63, 3.8) is 0 Å². The molecule has 0 aliphatic rings. The molecule has 0 atom stereocenters. The SMILES string of the molecule is CCCCCCCCc1ccc(C(=O)O)c(O)c1.CCCCCCCCc1ccc(C(=O)O)c(O)c1.[Zr]. The quantitative estimate of drug-likeness (QED) is 0.147. The minimum Gasteiger partial charge on any atom is -0.507 e. The molecule has 4 N–H and O–H groups in total. The average Bonchev–Trinajstić information content (AvgIpc) is 2.83. The Morgan fingerprint density at radius 3 is 1.19 bits per heavy atom. The third-order valence-electron chi connectivity index (χ3n) is 6.22. The number of carboxylic acid groups (broad SMARTS) is 2. The van der Waals surface area contributed by atoms with Crippen molar-refractivity contribution >= 4 is 11.9 Å². The van der Waals surface area contributed by atoms with Gasteiger partial charge in [-0.15, -0.1) is 0 Å². The van der Waals surface area contributed by atoms with E-state index < -0.39 is 11.9 Å². The van der Waals surface area contributed by atoms with Gasteiger partial charge < -0.3 is 20.4 Å². The van der Waals surface area contributed by atoms with Crippen molar-refractivity contribution in [1.29, 1.82) is 0 Å². The zero-order valence-electron chi connectivity index (χ0n) is 22.5. The predicted molar refractivity (Wildman–Crippen MR) is 144 cm³/mol. The largest absolute Gasteiger partial charge is 0.507 e. The number of aromatic hydroxyl groups is 2. The van der Waals surface area contributed by atoms with Crippen LogP contribution >= 0.6 is 0 Å². The molecule has 2 rings (SSSR count). The predicted octanol–water partition coefficient (Wildman–Crippen LogP) is 7.98. The monoisotopic (exact) mass is 590 g/mol. The van der Waals surface area contributed by atoms with Crippen LogP contribution in [0, 0.1) is 0 Å². The molecule has 0 aliphatic heterocycles. The van der Waals surface area contributed by atoms with Crippen molar-refractivity contribution in [3.8, 4) is 11.5 Å². The summed E-state index contributed by atoms with van der Waals surface area (Å²) in [6.07, 6.45) is 16.6. The van der Waals surface area contributed by atoms with Gasteiger partial charge in [0.15, 0.2) is 0 Å². The summed E-state index contributed by atoms with van der Waals surface area (Å²) in [6, 6.07) is 9.66. The molecule has 37 heavy (non-hydrogen) atoms. The molecule has 0 aromatic heterocycles. The Hall–Kier alpha value is -2.14. The van der Waals surface area contributed by atoms with Gasteiger partial charge in [-0.25, -0.2) is 9.59 Å². The van der Waals surface area contributed by atoms with Crippen LogP contribution in [0.1, 0.15) is 123 Å². The van der Waals surface area contributed by atoms with E-state index in [-0.39, 0.29) is 48.8 Å². The van der Waals surface area contributed by atoms with Crippen LogP contribution in [-0.4, -0.2) is 32.4 Å². The molecule has 0 heterocycles. The second-order valence-corrected chi connectivity index (χ2v) is 9.35. The van der Waals surface area contributed by atoms with Crippen molar-refractivity contribution in [1.82, 2.24) is 0 Å². The van der Waals surface area contributed by atoms with Gasteiger partial charge in [-0.1, -0.05) is 90.2 Å². The Labute approximate surface area is 241 Å². The number of aromatic carboxylic acids is 2. The van der Waals surface area contributed by atoms with Gasteiger partial charge in [-0.2, -0.15) is 0 Å². The maximum absolute atomic E-state index is 10.7. The zero-order chi connectivity index (χ0) is 26.8. The summed E-state index contributed by atoms with van der Waals surface area (Å²) in [5.74, 6) is -2.44. The molecule has 0 bridgehead atoms. The van der Waals surface area contributed by atoms with Crippen LogP contribution in [0.25, 0.3) is 0 Å². The Kier molecular flexibility index (Phi) is 19.7. The van der Waals surface area contributed by atoms with Gasteiger partial charge in [0.2, 0.25) is 0 Å². The topological polar surface area (TPSA) is 115 Å². The maximum atomic E-state index is 10.7. The van der Waals surface area contributed by atoms with Crippen LogP contribution in [0.5, 0.6) is 11.5 Å². The van der Waals surface area contributed by atoms with E-state index in [0.717, 1.165) is 36.8 Å². The Bertz CT molecular complexity index is 853. The van der Waals surface area contributed by atoms with E-state index in [1.165, 1.54) is 76.3 Å². The van der Waals surface area contributed by atoms with Crippen LogP contribution < -0.4 is 0 Å². The third-order valence-corrected chi connectivity index (χ3v) is 6.22. The number of hydrogen-bond donors (Lipinski definition) is 4. The van der Waals surface area contributed by atoms with Crippen LogP contribution in [0.4, 0.5) is 0 Å². The number of carboxylic acids is 2. The van der Waals surface area contributed by atoms with Gasteiger partial charge in [-0.05, 0) is 61.1 Å². The van der Waals surface area contributed by atoms with Crippen LogP contribution in [0.15, 0.2) is 36.4 Å². The molecule has 7 heteroatoms. The minimum absolute atomic E-state index is 0. The smallest absolute Gasteiger partial charge is 0.339 e. The second-order valence-electron chi connectivity index (χ2n) is 9.35. The van der Waals surface area contributed by atoms with Gasteiger partial charge >= 0.3 is 11.9 Å². The first-order valence-corrected chi connectivity index (χ1v) is 13.4. The van der Waals surface area contributed by atoms with E-state index in [1.807, 2.05) is 0 Å². The summed E-state index contributed by atoms with van der Waals surface area (Å²) in [7, 11) is 0. The molecule has 0 amide bonds. The fraction of sp³-hybridized carbons (Fsp3) is 0.533. The Morgan fingerprint density at radius 2 is 0.892 bits per heavy atom. The summed E-state index contributed by atoms with van der Waals surface area (Å²) < 4.78 is 0. The number of unbranched alkanes of at least 4 members (excludes halogenated alkanes) is 10. The number of carbonyl (C=O) groups is 2. The fourth-order valence-corrected chi connectivity index (χ4v) is 4.05. The van der Waals surface area contributed by atoms with Gasteiger partial charge in [0.1, 0.15) is 22.6 Å². The molecule has 0 aliphatic carbocycles. The third kappa shape index (κ3) is 15.0. The zero-order valence-corrected chi connectivity index (χ0v) is 24.9. The Balaban J connectivity index is 0.000000682. The minimum atomic E-state index is -1.08. The number of phenols is 2. The van der Waals surface area contributed by atoms with Gasteiger partial charge in [0.05, 0.1) is 0 Å². The molecule has 0 saturated carbocycles. The maximum Gasteiger partial charge on any atom is 0.339 e. The normalized spacial score (nSPS) is 10.2. The van der Waals surface area contributed by atoms with E-state index in [2.05, 4.69) is 13.8 Å². The molecule has 204 valence electrons. The number of benzene rings is 2. The van der Waals surface area contributed by atoms with Crippen LogP contribution in [0.3, 0.4) is 0 Å². The van der Waals surface area contributed by atoms with Gasteiger partial charge in [-0.3, -0.25) is 0 Å². The summed E-state index contributed by atoms with van der Waals surface area (Å²) >= 11 is 0. The van der Waals surface area contributed by atoms with Crippen molar-refractivity contribution in [2.75, 3.05) is 0 Å². The summed E-state index contributed by atoms with van der Waals surface area (Å²) in [5.41, 5.74) is 1.96. The Morgan fingerprint density at radius 1 is 0.568 bits per heavy atom. The van der Waals surface area contributed by atoms with Crippen LogP contribution in [-0.2, 0) is 39.0 Å². The molecule has 0 unspecified atom stereocenters. The van der Waals surface area contributed by atoms with Crippen LogP contribution in [0.2, 0.25) is 0 Å². The van der Waals surface area contributed by atoms with E-state index in [0.29, 0.717) is 0 Å². The average molecular weight is 592 g/mol. The first-order valence-electron chi connectivity index (χ1n) is 13.4. The molecule has 0 spiro atoms. The molecular weight excluding hydrogens is 548 g/mol. The molecule has 0 saturated heterocycles. The van der Waals surface area contributed by atoms with E-state index in [9.17, 15) is 19.8 Å².